The van der Waals surface area contributed by atoms with Crippen molar-refractivity contribution in [3.8, 4) is 5.75 Å². The molecule has 0 bridgehead atoms. The molecule has 0 spiro atoms. The zero-order valence-corrected chi connectivity index (χ0v) is 9.49. The van der Waals surface area contributed by atoms with Crippen molar-refractivity contribution in [3.63, 3.8) is 0 Å². The van der Waals surface area contributed by atoms with Crippen LogP contribution in [0.4, 0.5) is 4.39 Å². The lowest BCUT2D eigenvalue weighted by Crippen LogP contribution is -2.03. The first kappa shape index (κ1) is 11.4. The molecule has 0 unspecified atom stereocenters. The average molecular weight is 234 g/mol. The third kappa shape index (κ3) is 2.20. The standard InChI is InChI=1S/C13H11FO3/c1-8-5-9(7-17-8)13(15)11-4-3-10(16-2)6-12(11)14/h3-7H,1-2H3. The van der Waals surface area contributed by atoms with Crippen LogP contribution < -0.4 is 4.74 Å². The summed E-state index contributed by atoms with van der Waals surface area (Å²) in [6.45, 7) is 1.72. The lowest BCUT2D eigenvalue weighted by atomic mass is 10.1. The molecule has 1 aromatic heterocycles. The second-order valence-corrected chi connectivity index (χ2v) is 3.62. The van der Waals surface area contributed by atoms with Gasteiger partial charge in [0.05, 0.1) is 18.2 Å². The maximum atomic E-state index is 13.6. The maximum Gasteiger partial charge on any atom is 0.199 e. The Balaban J connectivity index is 2.37. The zero-order chi connectivity index (χ0) is 12.4. The third-order valence-corrected chi connectivity index (χ3v) is 2.41. The normalized spacial score (nSPS) is 10.3. The van der Waals surface area contributed by atoms with E-state index >= 15 is 0 Å². The van der Waals surface area contributed by atoms with Gasteiger partial charge in [0.15, 0.2) is 5.78 Å². The Labute approximate surface area is 97.8 Å². The van der Waals surface area contributed by atoms with E-state index < -0.39 is 11.6 Å². The summed E-state index contributed by atoms with van der Waals surface area (Å²) in [7, 11) is 1.44. The van der Waals surface area contributed by atoms with Gasteiger partial charge in [0.2, 0.25) is 0 Å². The van der Waals surface area contributed by atoms with E-state index in [1.54, 1.807) is 19.1 Å². The van der Waals surface area contributed by atoms with Crippen LogP contribution in [0.15, 0.2) is 34.9 Å². The molecule has 1 aromatic carbocycles. The molecule has 2 aromatic rings. The maximum absolute atomic E-state index is 13.6. The number of methoxy groups -OCH3 is 1. The summed E-state index contributed by atoms with van der Waals surface area (Å²) >= 11 is 0. The second kappa shape index (κ2) is 4.41. The van der Waals surface area contributed by atoms with Crippen molar-refractivity contribution in [1.29, 1.82) is 0 Å². The highest BCUT2D eigenvalue weighted by atomic mass is 19.1. The number of carbonyl (C=O) groups is 1. The minimum Gasteiger partial charge on any atom is -0.497 e. The summed E-state index contributed by atoms with van der Waals surface area (Å²) in [5.74, 6) is -0.0140. The molecule has 0 aliphatic rings. The predicted octanol–water partition coefficient (Wildman–Crippen LogP) is 2.97. The van der Waals surface area contributed by atoms with Gasteiger partial charge in [-0.3, -0.25) is 4.79 Å². The van der Waals surface area contributed by atoms with Crippen LogP contribution in [0.25, 0.3) is 0 Å². The van der Waals surface area contributed by atoms with Crippen molar-refractivity contribution in [2.45, 2.75) is 6.92 Å². The number of ketones is 1. The van der Waals surface area contributed by atoms with Gasteiger partial charge in [-0.05, 0) is 25.1 Å². The topological polar surface area (TPSA) is 39.4 Å². The van der Waals surface area contributed by atoms with E-state index in [4.69, 9.17) is 9.15 Å². The fraction of sp³-hybridized carbons (Fsp3) is 0.154. The van der Waals surface area contributed by atoms with Gasteiger partial charge in [0.1, 0.15) is 23.6 Å². The Kier molecular flexibility index (Phi) is 2.95. The molecule has 0 aliphatic carbocycles. The molecule has 3 nitrogen and oxygen atoms in total. The molecule has 88 valence electrons. The molecule has 0 aliphatic heterocycles. The first-order chi connectivity index (χ1) is 8.11. The van der Waals surface area contributed by atoms with Crippen LogP contribution in [0.1, 0.15) is 21.7 Å². The highest BCUT2D eigenvalue weighted by Crippen LogP contribution is 2.20. The fourth-order valence-electron chi connectivity index (χ4n) is 1.52. The van der Waals surface area contributed by atoms with Crippen LogP contribution in [-0.4, -0.2) is 12.9 Å². The summed E-state index contributed by atoms with van der Waals surface area (Å²) < 4.78 is 23.5. The van der Waals surface area contributed by atoms with Crippen LogP contribution in [0.3, 0.4) is 0 Å². The fourth-order valence-corrected chi connectivity index (χ4v) is 1.52. The summed E-state index contributed by atoms with van der Waals surface area (Å²) in [4.78, 5) is 11.9. The number of furan rings is 1. The Morgan fingerprint density at radius 3 is 2.65 bits per heavy atom. The first-order valence-electron chi connectivity index (χ1n) is 5.05. The Morgan fingerprint density at radius 1 is 1.35 bits per heavy atom. The number of rotatable bonds is 3. The molecule has 17 heavy (non-hydrogen) atoms. The number of aryl methyl sites for hydroxylation is 1. The SMILES string of the molecule is COc1ccc(C(=O)c2coc(C)c2)c(F)c1. The van der Waals surface area contributed by atoms with Crippen LogP contribution in [-0.2, 0) is 0 Å². The summed E-state index contributed by atoms with van der Waals surface area (Å²) in [6, 6.07) is 5.70. The monoisotopic (exact) mass is 234 g/mol. The molecule has 0 saturated heterocycles. The number of halogens is 1. The van der Waals surface area contributed by atoms with Gasteiger partial charge in [-0.25, -0.2) is 4.39 Å². The lowest BCUT2D eigenvalue weighted by molar-refractivity contribution is 0.103. The molecule has 0 amide bonds. The quantitative estimate of drug-likeness (QED) is 0.766. The highest BCUT2D eigenvalue weighted by molar-refractivity contribution is 6.09. The van der Waals surface area contributed by atoms with Crippen molar-refractivity contribution in [2.24, 2.45) is 0 Å². The molecule has 0 N–H and O–H groups in total. The Bertz CT molecular complexity index is 558. The number of carbonyl (C=O) groups excluding carboxylic acids is 1. The van der Waals surface area contributed by atoms with Gasteiger partial charge in [0, 0.05) is 6.07 Å². The van der Waals surface area contributed by atoms with E-state index in [1.165, 1.54) is 25.5 Å². The first-order valence-corrected chi connectivity index (χ1v) is 5.05. The van der Waals surface area contributed by atoms with E-state index in [9.17, 15) is 9.18 Å². The van der Waals surface area contributed by atoms with Crippen LogP contribution >= 0.6 is 0 Å². The van der Waals surface area contributed by atoms with E-state index in [0.717, 1.165) is 0 Å². The van der Waals surface area contributed by atoms with Crippen molar-refractivity contribution < 1.29 is 18.3 Å². The van der Waals surface area contributed by atoms with Crippen molar-refractivity contribution in [3.05, 3.63) is 53.2 Å². The molecule has 0 saturated carbocycles. The van der Waals surface area contributed by atoms with Crippen molar-refractivity contribution in [1.82, 2.24) is 0 Å². The van der Waals surface area contributed by atoms with Crippen LogP contribution in [0.2, 0.25) is 0 Å². The molecule has 0 radical (unpaired) electrons. The molecule has 0 fully saturated rings. The number of benzene rings is 1. The molecular weight excluding hydrogens is 223 g/mol. The van der Waals surface area contributed by atoms with Crippen LogP contribution in [0, 0.1) is 12.7 Å². The summed E-state index contributed by atoms with van der Waals surface area (Å²) in [5, 5.41) is 0. The van der Waals surface area contributed by atoms with Gasteiger partial charge < -0.3 is 9.15 Å². The highest BCUT2D eigenvalue weighted by Gasteiger charge is 2.16. The Morgan fingerprint density at radius 2 is 2.12 bits per heavy atom. The third-order valence-electron chi connectivity index (χ3n) is 2.41. The molecule has 4 heteroatoms. The molecule has 0 atom stereocenters. The molecule has 2 rings (SSSR count). The minimum absolute atomic E-state index is 0.00611. The number of ether oxygens (including phenoxy) is 1. The van der Waals surface area contributed by atoms with Crippen LogP contribution in [0.5, 0.6) is 5.75 Å². The average Bonchev–Trinajstić information content (AvgIpc) is 2.75. The predicted molar refractivity (Wildman–Crippen MR) is 59.8 cm³/mol. The van der Waals surface area contributed by atoms with Crippen molar-refractivity contribution in [2.75, 3.05) is 7.11 Å². The van der Waals surface area contributed by atoms with Gasteiger partial charge in [-0.1, -0.05) is 0 Å². The van der Waals surface area contributed by atoms with Gasteiger partial charge >= 0.3 is 0 Å². The second-order valence-electron chi connectivity index (χ2n) is 3.62. The van der Waals surface area contributed by atoms with E-state index in [1.807, 2.05) is 0 Å². The van der Waals surface area contributed by atoms with Gasteiger partial charge in [0.25, 0.3) is 0 Å². The van der Waals surface area contributed by atoms with E-state index in [-0.39, 0.29) is 5.56 Å². The largest absolute Gasteiger partial charge is 0.497 e. The Hall–Kier alpha value is -2.10. The zero-order valence-electron chi connectivity index (χ0n) is 9.49. The van der Waals surface area contributed by atoms with E-state index in [2.05, 4.69) is 0 Å². The number of hydrogen-bond acceptors (Lipinski definition) is 3. The lowest BCUT2D eigenvalue weighted by Gasteiger charge is -2.03. The minimum atomic E-state index is -0.604. The molecule has 1 heterocycles. The smallest absolute Gasteiger partial charge is 0.199 e. The van der Waals surface area contributed by atoms with E-state index in [0.29, 0.717) is 17.1 Å². The van der Waals surface area contributed by atoms with Gasteiger partial charge in [-0.15, -0.1) is 0 Å². The molecular formula is C13H11FO3. The summed E-state index contributed by atoms with van der Waals surface area (Å²) in [6.07, 6.45) is 1.32. The van der Waals surface area contributed by atoms with Crippen molar-refractivity contribution >= 4 is 5.78 Å². The summed E-state index contributed by atoms with van der Waals surface area (Å²) in [5.41, 5.74) is 0.346. The van der Waals surface area contributed by atoms with Gasteiger partial charge in [-0.2, -0.15) is 0 Å². The number of hydrogen-bond donors (Lipinski definition) is 0.